The average molecular weight is 258 g/mol. The largest absolute Gasteiger partial charge is 0.492 e. The van der Waals surface area contributed by atoms with Crippen LogP contribution in [-0.2, 0) is 5.41 Å². The third kappa shape index (κ3) is 2.41. The summed E-state index contributed by atoms with van der Waals surface area (Å²) in [5.74, 6) is 1.87. The number of ketones is 1. The van der Waals surface area contributed by atoms with Crippen molar-refractivity contribution in [3.05, 3.63) is 29.3 Å². The number of fused-ring (bicyclic) bond motifs is 1. The Labute approximate surface area is 115 Å². The molecular formula is C17H22O2. The third-order valence-electron chi connectivity index (χ3n) is 4.57. The monoisotopic (exact) mass is 258 g/mol. The summed E-state index contributed by atoms with van der Waals surface area (Å²) < 4.78 is 5.67. The first-order valence-electron chi connectivity index (χ1n) is 7.37. The molecule has 1 heterocycles. The number of ether oxygens (including phenoxy) is 1. The molecule has 0 unspecified atom stereocenters. The van der Waals surface area contributed by atoms with Crippen molar-refractivity contribution < 1.29 is 9.53 Å². The summed E-state index contributed by atoms with van der Waals surface area (Å²) in [6, 6.07) is 5.95. The molecule has 1 aromatic carbocycles. The van der Waals surface area contributed by atoms with Crippen LogP contribution in [0.25, 0.3) is 0 Å². The van der Waals surface area contributed by atoms with Gasteiger partial charge >= 0.3 is 0 Å². The van der Waals surface area contributed by atoms with Gasteiger partial charge in [0, 0.05) is 23.0 Å². The van der Waals surface area contributed by atoms with Crippen LogP contribution in [0, 0.1) is 5.92 Å². The summed E-state index contributed by atoms with van der Waals surface area (Å²) in [5, 5.41) is 0. The van der Waals surface area contributed by atoms with Gasteiger partial charge in [-0.1, -0.05) is 39.5 Å². The Morgan fingerprint density at radius 1 is 1.32 bits per heavy atom. The van der Waals surface area contributed by atoms with Crippen molar-refractivity contribution in [3.8, 4) is 5.75 Å². The molecule has 2 aliphatic rings. The average Bonchev–Trinajstić information content (AvgIpc) is 2.98. The molecule has 1 aliphatic heterocycles. The lowest BCUT2D eigenvalue weighted by Gasteiger charge is -2.16. The van der Waals surface area contributed by atoms with Gasteiger partial charge in [-0.2, -0.15) is 0 Å². The standard InChI is InChI=1S/C17H22O2/c1-17(2)11-19-16-8-7-13(10-14(16)17)15(18)9-12-5-3-4-6-12/h7-8,10,12H,3-6,9,11H2,1-2H3. The fraction of sp³-hybridized carbons (Fsp3) is 0.588. The second kappa shape index (κ2) is 4.66. The van der Waals surface area contributed by atoms with Crippen molar-refractivity contribution in [1.82, 2.24) is 0 Å². The van der Waals surface area contributed by atoms with E-state index in [-0.39, 0.29) is 5.41 Å². The van der Waals surface area contributed by atoms with Crippen LogP contribution in [0.5, 0.6) is 5.75 Å². The van der Waals surface area contributed by atoms with E-state index in [1.807, 2.05) is 12.1 Å². The highest BCUT2D eigenvalue weighted by Crippen LogP contribution is 2.39. The predicted molar refractivity (Wildman–Crippen MR) is 75.9 cm³/mol. The third-order valence-corrected chi connectivity index (χ3v) is 4.57. The predicted octanol–water partition coefficient (Wildman–Crippen LogP) is 4.12. The van der Waals surface area contributed by atoms with Gasteiger partial charge in [-0.15, -0.1) is 0 Å². The smallest absolute Gasteiger partial charge is 0.163 e. The number of Topliss-reactive ketones (excluding diaryl/α,β-unsaturated/α-hetero) is 1. The Morgan fingerprint density at radius 2 is 2.05 bits per heavy atom. The van der Waals surface area contributed by atoms with E-state index in [1.165, 1.54) is 31.2 Å². The van der Waals surface area contributed by atoms with Crippen molar-refractivity contribution in [2.45, 2.75) is 51.4 Å². The van der Waals surface area contributed by atoms with Crippen LogP contribution >= 0.6 is 0 Å². The second-order valence-electron chi connectivity index (χ2n) is 6.66. The molecule has 0 spiro atoms. The SMILES string of the molecule is CC1(C)COc2ccc(C(=O)CC3CCCC3)cc21. The molecule has 102 valence electrons. The van der Waals surface area contributed by atoms with E-state index in [9.17, 15) is 4.79 Å². The first-order valence-corrected chi connectivity index (χ1v) is 7.37. The second-order valence-corrected chi connectivity index (χ2v) is 6.66. The maximum absolute atomic E-state index is 12.4. The number of hydrogen-bond acceptors (Lipinski definition) is 2. The first-order chi connectivity index (χ1) is 9.06. The summed E-state index contributed by atoms with van der Waals surface area (Å²) in [4.78, 5) is 12.4. The van der Waals surface area contributed by atoms with E-state index in [2.05, 4.69) is 19.9 Å². The van der Waals surface area contributed by atoms with Gasteiger partial charge in [-0.25, -0.2) is 0 Å². The van der Waals surface area contributed by atoms with Crippen molar-refractivity contribution >= 4 is 5.78 Å². The molecule has 0 aromatic heterocycles. The summed E-state index contributed by atoms with van der Waals surface area (Å²) in [6.45, 7) is 5.05. The summed E-state index contributed by atoms with van der Waals surface area (Å²) in [6.07, 6.45) is 5.77. The topological polar surface area (TPSA) is 26.3 Å². The van der Waals surface area contributed by atoms with Crippen molar-refractivity contribution in [2.24, 2.45) is 5.92 Å². The minimum Gasteiger partial charge on any atom is -0.492 e. The van der Waals surface area contributed by atoms with Gasteiger partial charge < -0.3 is 4.74 Å². The number of hydrogen-bond donors (Lipinski definition) is 0. The van der Waals surface area contributed by atoms with E-state index in [0.717, 1.165) is 17.7 Å². The fourth-order valence-corrected chi connectivity index (χ4v) is 3.29. The van der Waals surface area contributed by atoms with Gasteiger partial charge in [0.2, 0.25) is 0 Å². The Kier molecular flexibility index (Phi) is 3.12. The maximum Gasteiger partial charge on any atom is 0.163 e. The van der Waals surface area contributed by atoms with E-state index in [4.69, 9.17) is 4.74 Å². The lowest BCUT2D eigenvalue weighted by atomic mass is 9.85. The summed E-state index contributed by atoms with van der Waals surface area (Å²) >= 11 is 0. The highest BCUT2D eigenvalue weighted by Gasteiger charge is 2.32. The Bertz CT molecular complexity index is 496. The van der Waals surface area contributed by atoms with E-state index >= 15 is 0 Å². The summed E-state index contributed by atoms with van der Waals surface area (Å²) in [5.41, 5.74) is 2.08. The molecule has 1 saturated carbocycles. The zero-order valence-corrected chi connectivity index (χ0v) is 11.9. The zero-order chi connectivity index (χ0) is 13.5. The quantitative estimate of drug-likeness (QED) is 0.762. The van der Waals surface area contributed by atoms with Crippen LogP contribution in [0.2, 0.25) is 0 Å². The number of rotatable bonds is 3. The lowest BCUT2D eigenvalue weighted by molar-refractivity contribution is 0.0962. The molecule has 0 bridgehead atoms. The first kappa shape index (κ1) is 12.7. The molecule has 0 amide bonds. The van der Waals surface area contributed by atoms with E-state index in [0.29, 0.717) is 18.3 Å². The van der Waals surface area contributed by atoms with Gasteiger partial charge in [0.05, 0.1) is 6.61 Å². The van der Waals surface area contributed by atoms with Crippen molar-refractivity contribution in [2.75, 3.05) is 6.61 Å². The van der Waals surface area contributed by atoms with Crippen molar-refractivity contribution in [1.29, 1.82) is 0 Å². The van der Waals surface area contributed by atoms with Crippen LogP contribution in [0.3, 0.4) is 0 Å². The van der Waals surface area contributed by atoms with Gasteiger partial charge in [-0.3, -0.25) is 4.79 Å². The Balaban J connectivity index is 1.80. The number of benzene rings is 1. The number of carbonyl (C=O) groups excluding carboxylic acids is 1. The van der Waals surface area contributed by atoms with Crippen LogP contribution < -0.4 is 4.74 Å². The minimum atomic E-state index is 0.0268. The molecule has 2 heteroatoms. The molecule has 19 heavy (non-hydrogen) atoms. The van der Waals surface area contributed by atoms with Gasteiger partial charge in [-0.05, 0) is 24.1 Å². The maximum atomic E-state index is 12.4. The highest BCUT2D eigenvalue weighted by molar-refractivity contribution is 5.96. The molecule has 0 radical (unpaired) electrons. The van der Waals surface area contributed by atoms with Crippen LogP contribution in [0.1, 0.15) is 61.9 Å². The molecule has 0 N–H and O–H groups in total. The zero-order valence-electron chi connectivity index (χ0n) is 11.9. The molecule has 0 atom stereocenters. The van der Waals surface area contributed by atoms with Gasteiger partial charge in [0.1, 0.15) is 5.75 Å². The Hall–Kier alpha value is -1.31. The van der Waals surface area contributed by atoms with Gasteiger partial charge in [0.15, 0.2) is 5.78 Å². The number of carbonyl (C=O) groups is 1. The van der Waals surface area contributed by atoms with Gasteiger partial charge in [0.25, 0.3) is 0 Å². The molecule has 1 aliphatic carbocycles. The van der Waals surface area contributed by atoms with Crippen molar-refractivity contribution in [3.63, 3.8) is 0 Å². The van der Waals surface area contributed by atoms with E-state index in [1.54, 1.807) is 0 Å². The molecule has 0 saturated heterocycles. The van der Waals surface area contributed by atoms with Crippen LogP contribution in [-0.4, -0.2) is 12.4 Å². The molecule has 3 rings (SSSR count). The fourth-order valence-electron chi connectivity index (χ4n) is 3.29. The molecular weight excluding hydrogens is 236 g/mol. The highest BCUT2D eigenvalue weighted by atomic mass is 16.5. The molecule has 1 fully saturated rings. The lowest BCUT2D eigenvalue weighted by Crippen LogP contribution is -2.18. The Morgan fingerprint density at radius 3 is 2.79 bits per heavy atom. The molecule has 2 nitrogen and oxygen atoms in total. The van der Waals surface area contributed by atoms with Crippen LogP contribution in [0.15, 0.2) is 18.2 Å². The summed E-state index contributed by atoms with van der Waals surface area (Å²) in [7, 11) is 0. The van der Waals surface area contributed by atoms with Crippen LogP contribution in [0.4, 0.5) is 0 Å². The van der Waals surface area contributed by atoms with E-state index < -0.39 is 0 Å². The molecule has 1 aromatic rings. The minimum absolute atomic E-state index is 0.0268. The normalized spacial score (nSPS) is 21.2.